The van der Waals surface area contributed by atoms with Crippen LogP contribution in [0.3, 0.4) is 0 Å². The number of hydrogen-bond donors (Lipinski definition) is 1. The number of halogens is 3. The number of aromatic nitrogens is 1. The van der Waals surface area contributed by atoms with Gasteiger partial charge in [0.2, 0.25) is 0 Å². The van der Waals surface area contributed by atoms with Crippen LogP contribution >= 0.6 is 0 Å². The van der Waals surface area contributed by atoms with Crippen LogP contribution in [0.2, 0.25) is 0 Å². The maximum atomic E-state index is 12.7. The molecule has 0 saturated carbocycles. The number of rotatable bonds is 4. The number of nitrogens with one attached hydrogen (secondary N) is 1. The first-order valence-corrected chi connectivity index (χ1v) is 10.4. The molecule has 0 atom stereocenters. The zero-order chi connectivity index (χ0) is 21.8. The Balaban J connectivity index is 0.00000145. The summed E-state index contributed by atoms with van der Waals surface area (Å²) in [5, 5.41) is 5.38. The summed E-state index contributed by atoms with van der Waals surface area (Å²) in [6, 6.07) is 11.9. The quantitative estimate of drug-likeness (QED) is 0.610. The summed E-state index contributed by atoms with van der Waals surface area (Å²) in [4.78, 5) is 0. The van der Waals surface area contributed by atoms with Crippen LogP contribution in [0.4, 0.5) is 18.9 Å². The summed E-state index contributed by atoms with van der Waals surface area (Å²) < 4.78 is 64.4. The molecule has 0 spiro atoms. The van der Waals surface area contributed by atoms with Crippen molar-refractivity contribution in [2.75, 3.05) is 4.72 Å². The molecule has 0 amide bonds. The largest absolute Gasteiger partial charge is 0.0683 e. The second kappa shape index (κ2) is 8.81. The minimum absolute atomic E-state index is 0.185. The number of alkyl halides is 3. The van der Waals surface area contributed by atoms with Gasteiger partial charge in [0.05, 0.1) is 0 Å². The molecule has 0 aliphatic carbocycles. The van der Waals surface area contributed by atoms with Crippen LogP contribution in [0.5, 0.6) is 0 Å². The maximum absolute atomic E-state index is 12.7. The molecule has 3 rings (SSSR count). The molecule has 0 unspecified atom stereocenters. The Morgan fingerprint density at radius 1 is 1.14 bits per heavy atom. The number of aryl methyl sites for hydroxylation is 1. The summed E-state index contributed by atoms with van der Waals surface area (Å²) in [5.74, 6) is 0. The van der Waals surface area contributed by atoms with Gasteiger partial charge in [0.25, 0.3) is 0 Å². The minimum Gasteiger partial charge on any atom is -0.0683 e. The van der Waals surface area contributed by atoms with Gasteiger partial charge in [0.15, 0.2) is 0 Å². The Bertz CT molecular complexity index is 1140. The van der Waals surface area contributed by atoms with Crippen LogP contribution in [0.15, 0.2) is 53.7 Å². The number of anilines is 1. The van der Waals surface area contributed by atoms with Crippen LogP contribution in [0.1, 0.15) is 31.9 Å². The molecule has 29 heavy (non-hydrogen) atoms. The van der Waals surface area contributed by atoms with Crippen molar-refractivity contribution in [3.8, 4) is 0 Å². The number of sulfonamides is 1. The van der Waals surface area contributed by atoms with Crippen LogP contribution in [0.25, 0.3) is 10.8 Å². The molecule has 1 N–H and O–H groups in total. The first kappa shape index (κ1) is 22.7. The van der Waals surface area contributed by atoms with E-state index < -0.39 is 15.5 Å². The van der Waals surface area contributed by atoms with E-state index in [9.17, 15) is 21.6 Å². The average molecular weight is 423 g/mol. The zero-order valence-corrected chi connectivity index (χ0v) is 17.3. The summed E-state index contributed by atoms with van der Waals surface area (Å²) in [6.45, 7) is 9.22. The van der Waals surface area contributed by atoms with Gasteiger partial charge in [-0.15, -0.1) is 0 Å². The second-order valence-electron chi connectivity index (χ2n) is 6.00. The number of benzene rings is 2. The van der Waals surface area contributed by atoms with E-state index in [2.05, 4.69) is 5.10 Å². The molecular formula is C19H21BF3N3O2S. The van der Waals surface area contributed by atoms with E-state index in [4.69, 9.17) is 0 Å². The van der Waals surface area contributed by atoms with E-state index in [1.54, 1.807) is 35.4 Å². The molecule has 3 aromatic rings. The SMILES string of the molecule is C/C(=N\n1cbc2ccccc21)c1cc(C)ccc1NS(=O)(=O)C(F)(F)F.CC. The predicted octanol–water partition coefficient (Wildman–Crippen LogP) is 4.85. The van der Waals surface area contributed by atoms with Crippen molar-refractivity contribution in [1.82, 2.24) is 4.68 Å². The first-order chi connectivity index (χ1) is 13.6. The van der Waals surface area contributed by atoms with Crippen molar-refractivity contribution in [3.05, 3.63) is 59.7 Å². The van der Waals surface area contributed by atoms with Crippen molar-refractivity contribution in [2.45, 2.75) is 33.2 Å². The minimum atomic E-state index is -5.53. The van der Waals surface area contributed by atoms with E-state index in [1.807, 2.05) is 45.0 Å². The molecule has 0 bridgehead atoms. The Hall–Kier alpha value is -2.62. The van der Waals surface area contributed by atoms with E-state index >= 15 is 0 Å². The van der Waals surface area contributed by atoms with Gasteiger partial charge in [-0.05, 0) is 0 Å². The molecule has 0 saturated heterocycles. The van der Waals surface area contributed by atoms with E-state index in [1.165, 1.54) is 12.1 Å². The van der Waals surface area contributed by atoms with Crippen molar-refractivity contribution in [1.29, 1.82) is 0 Å². The molecule has 10 heteroatoms. The molecule has 1 heterocycles. The topological polar surface area (TPSA) is 63.5 Å². The number of para-hydroxylation sites is 1. The number of fused-ring (bicyclic) bond motifs is 1. The summed E-state index contributed by atoms with van der Waals surface area (Å²) in [5.41, 5.74) is -3.39. The normalized spacial score (nSPS) is 12.3. The molecular weight excluding hydrogens is 402 g/mol. The maximum Gasteiger partial charge on any atom is -0.0683 e. The van der Waals surface area contributed by atoms with Crippen molar-refractivity contribution in [3.63, 3.8) is 0 Å². The fourth-order valence-corrected chi connectivity index (χ4v) is 3.20. The monoisotopic (exact) mass is 423 g/mol. The molecule has 0 fully saturated rings. The molecule has 5 nitrogen and oxygen atoms in total. The number of hydrogen-bond acceptors (Lipinski definition) is 3. The predicted molar refractivity (Wildman–Crippen MR) is 112 cm³/mol. The molecule has 0 radical (unpaired) electrons. The zero-order valence-electron chi connectivity index (χ0n) is 16.4. The van der Waals surface area contributed by atoms with Crippen molar-refractivity contribution < 1.29 is 21.6 Å². The Labute approximate surface area is 168 Å². The fraction of sp³-hybridized carbons (Fsp3) is 0.263. The summed E-state index contributed by atoms with van der Waals surface area (Å²) in [7, 11) is -5.53. The summed E-state index contributed by atoms with van der Waals surface area (Å²) in [6.07, 6.45) is 1.73. The van der Waals surface area contributed by atoms with Crippen LogP contribution in [-0.4, -0.2) is 31.2 Å². The van der Waals surface area contributed by atoms with E-state index in [0.717, 1.165) is 16.4 Å². The van der Waals surface area contributed by atoms with Crippen molar-refractivity contribution in [2.24, 2.45) is 5.10 Å². The molecule has 2 aromatic carbocycles. The standard InChI is InChI=1S/C17H15BF3N3O2S.C2H6/c1-11-7-8-15(23-27(25,26)17(19,20)21)13(9-11)12(2)22-24-10-18-14-5-3-4-6-16(14)24;1-2/h3-10,23H,1-2H3;1-2H3/b22-12+;. The fourth-order valence-electron chi connectivity index (χ4n) is 2.62. The average Bonchev–Trinajstić information content (AvgIpc) is 3.07. The first-order valence-electron chi connectivity index (χ1n) is 8.90. The van der Waals surface area contributed by atoms with Crippen LogP contribution < -0.4 is 4.72 Å². The van der Waals surface area contributed by atoms with Gasteiger partial charge < -0.3 is 0 Å². The third kappa shape index (κ3) is 5.06. The second-order valence-corrected chi connectivity index (χ2v) is 7.68. The van der Waals surface area contributed by atoms with Gasteiger partial charge >= 0.3 is 154 Å². The Morgan fingerprint density at radius 2 is 1.79 bits per heavy atom. The van der Waals surface area contributed by atoms with Gasteiger partial charge in [-0.1, -0.05) is 13.8 Å². The Morgan fingerprint density at radius 3 is 2.45 bits per heavy atom. The third-order valence-corrected chi connectivity index (χ3v) is 5.05. The van der Waals surface area contributed by atoms with Crippen LogP contribution in [-0.2, 0) is 10.0 Å². The van der Waals surface area contributed by atoms with Gasteiger partial charge in [0, 0.05) is 0 Å². The number of nitrogens with zero attached hydrogens (tertiary/aromatic N) is 2. The van der Waals surface area contributed by atoms with Crippen molar-refractivity contribution >= 4 is 39.1 Å². The van der Waals surface area contributed by atoms with Gasteiger partial charge in [-0.3, -0.25) is 0 Å². The smallest absolute Gasteiger partial charge is 0.0683 e. The van der Waals surface area contributed by atoms with E-state index in [-0.39, 0.29) is 11.3 Å². The Kier molecular flexibility index (Phi) is 6.89. The molecule has 0 aliphatic rings. The summed E-state index contributed by atoms with van der Waals surface area (Å²) >= 11 is 0. The van der Waals surface area contributed by atoms with Gasteiger partial charge in [-0.25, -0.2) is 0 Å². The van der Waals surface area contributed by atoms with Gasteiger partial charge in [-0.2, -0.15) is 0 Å². The molecule has 1 aromatic heterocycles. The van der Waals surface area contributed by atoms with Crippen LogP contribution in [0, 0.1) is 6.92 Å². The van der Waals surface area contributed by atoms with E-state index in [0.29, 0.717) is 5.71 Å². The van der Waals surface area contributed by atoms with Gasteiger partial charge in [0.1, 0.15) is 0 Å². The third-order valence-electron chi connectivity index (χ3n) is 3.95. The molecule has 154 valence electrons. The molecule has 0 aliphatic heterocycles.